The highest BCUT2D eigenvalue weighted by Crippen LogP contribution is 2.28. The predicted molar refractivity (Wildman–Crippen MR) is 57.5 cm³/mol. The summed E-state index contributed by atoms with van der Waals surface area (Å²) in [5.41, 5.74) is 1.55. The largest absolute Gasteiger partial charge is 0.507 e. The summed E-state index contributed by atoms with van der Waals surface area (Å²) in [5.74, 6) is 0.945. The molecule has 0 bridgehead atoms. The fourth-order valence-corrected chi connectivity index (χ4v) is 1.30. The lowest BCUT2D eigenvalue weighted by Gasteiger charge is -2.07. The third-order valence-corrected chi connectivity index (χ3v) is 2.42. The van der Waals surface area contributed by atoms with Gasteiger partial charge in [-0.2, -0.15) is 0 Å². The van der Waals surface area contributed by atoms with Gasteiger partial charge in [-0.3, -0.25) is 0 Å². The van der Waals surface area contributed by atoms with Crippen molar-refractivity contribution in [2.24, 2.45) is 0 Å². The number of benzene rings is 1. The number of phenols is 1. The fourth-order valence-electron chi connectivity index (χ4n) is 0.997. The molecule has 0 saturated carbocycles. The number of rotatable bonds is 3. The molecule has 0 heterocycles. The Labute approximate surface area is 86.0 Å². The van der Waals surface area contributed by atoms with Crippen molar-refractivity contribution in [2.75, 3.05) is 12.4 Å². The first-order valence-corrected chi connectivity index (χ1v) is 4.92. The number of hydrogen-bond donors (Lipinski definition) is 1. The van der Waals surface area contributed by atoms with Gasteiger partial charge in [-0.15, -0.1) is 0 Å². The van der Waals surface area contributed by atoms with E-state index in [1.54, 1.807) is 25.3 Å². The lowest BCUT2D eigenvalue weighted by Crippen LogP contribution is -1.88. The van der Waals surface area contributed by atoms with Crippen LogP contribution in [0.4, 0.5) is 0 Å². The van der Waals surface area contributed by atoms with Crippen molar-refractivity contribution >= 4 is 21.5 Å². The summed E-state index contributed by atoms with van der Waals surface area (Å²) < 4.78 is 5.04. The molecule has 0 saturated heterocycles. The summed E-state index contributed by atoms with van der Waals surface area (Å²) in [6.07, 6.45) is 0. The molecule has 0 spiro atoms. The smallest absolute Gasteiger partial charge is 0.123 e. The number of methoxy groups -OCH3 is 1. The number of phenolic OH excluding ortho intramolecular Hbond substituents is 1. The highest BCUT2D eigenvalue weighted by Gasteiger charge is 2.05. The van der Waals surface area contributed by atoms with E-state index in [1.807, 2.05) is 0 Å². The zero-order valence-corrected chi connectivity index (χ0v) is 8.97. The monoisotopic (exact) mass is 242 g/mol. The van der Waals surface area contributed by atoms with Crippen molar-refractivity contribution < 1.29 is 9.84 Å². The molecule has 13 heavy (non-hydrogen) atoms. The van der Waals surface area contributed by atoms with Crippen molar-refractivity contribution in [1.82, 2.24) is 0 Å². The molecule has 0 aliphatic carbocycles. The summed E-state index contributed by atoms with van der Waals surface area (Å²) >= 11 is 3.28. The number of aromatic hydroxyl groups is 1. The Hall–Kier alpha value is -0.960. The molecule has 2 nitrogen and oxygen atoms in total. The van der Waals surface area contributed by atoms with Gasteiger partial charge in [0.1, 0.15) is 11.5 Å². The number of alkyl halides is 1. The van der Waals surface area contributed by atoms with Gasteiger partial charge in [-0.1, -0.05) is 22.5 Å². The maximum absolute atomic E-state index is 9.49. The zero-order valence-electron chi connectivity index (χ0n) is 7.38. The summed E-state index contributed by atoms with van der Waals surface area (Å²) in [7, 11) is 1.59. The molecule has 3 heteroatoms. The summed E-state index contributed by atoms with van der Waals surface area (Å²) in [5, 5.41) is 10.1. The van der Waals surface area contributed by atoms with Crippen LogP contribution in [0.3, 0.4) is 0 Å². The minimum Gasteiger partial charge on any atom is -0.507 e. The van der Waals surface area contributed by atoms with Crippen LogP contribution >= 0.6 is 15.9 Å². The molecule has 0 amide bonds. The Morgan fingerprint density at radius 3 is 2.85 bits per heavy atom. The van der Waals surface area contributed by atoms with Crippen LogP contribution in [0, 0.1) is 0 Å². The Kier molecular flexibility index (Phi) is 3.37. The molecule has 0 atom stereocenters. The van der Waals surface area contributed by atoms with Crippen molar-refractivity contribution in [3.63, 3.8) is 0 Å². The van der Waals surface area contributed by atoms with Crippen LogP contribution < -0.4 is 4.74 Å². The first-order valence-electron chi connectivity index (χ1n) is 3.80. The van der Waals surface area contributed by atoms with Gasteiger partial charge in [0.25, 0.3) is 0 Å². The lowest BCUT2D eigenvalue weighted by atomic mass is 10.1. The van der Waals surface area contributed by atoms with Crippen molar-refractivity contribution in [2.45, 2.75) is 0 Å². The summed E-state index contributed by atoms with van der Waals surface area (Å²) in [4.78, 5) is 0. The standard InChI is InChI=1S/C10H11BrO2/c1-7(6-11)9-5-8(13-2)3-4-10(9)12/h3-5,12H,1,6H2,2H3. The van der Waals surface area contributed by atoms with Crippen molar-refractivity contribution in [1.29, 1.82) is 0 Å². The Morgan fingerprint density at radius 1 is 1.62 bits per heavy atom. The lowest BCUT2D eigenvalue weighted by molar-refractivity contribution is 0.412. The van der Waals surface area contributed by atoms with E-state index >= 15 is 0 Å². The minimum atomic E-state index is 0.227. The molecule has 1 aromatic carbocycles. The number of hydrogen-bond acceptors (Lipinski definition) is 2. The van der Waals surface area contributed by atoms with Gasteiger partial charge in [0, 0.05) is 10.9 Å². The normalized spacial score (nSPS) is 9.69. The Balaban J connectivity index is 3.11. The molecule has 1 N–H and O–H groups in total. The second-order valence-corrected chi connectivity index (χ2v) is 3.18. The van der Waals surface area contributed by atoms with E-state index < -0.39 is 0 Å². The van der Waals surface area contributed by atoms with E-state index in [4.69, 9.17) is 4.74 Å². The quantitative estimate of drug-likeness (QED) is 0.827. The topological polar surface area (TPSA) is 29.5 Å². The Morgan fingerprint density at radius 2 is 2.31 bits per heavy atom. The third-order valence-electron chi connectivity index (χ3n) is 1.75. The van der Waals surface area contributed by atoms with E-state index in [9.17, 15) is 5.11 Å². The highest BCUT2D eigenvalue weighted by atomic mass is 79.9. The molecule has 0 radical (unpaired) electrons. The molecule has 0 aliphatic rings. The molecule has 0 aromatic heterocycles. The predicted octanol–water partition coefficient (Wildman–Crippen LogP) is 2.81. The SMILES string of the molecule is C=C(CBr)c1cc(OC)ccc1O. The molecule has 0 aliphatic heterocycles. The average Bonchev–Trinajstić information content (AvgIpc) is 2.17. The van der Waals surface area contributed by atoms with Crippen molar-refractivity contribution in [3.05, 3.63) is 30.3 Å². The van der Waals surface area contributed by atoms with Crippen LogP contribution in [0.1, 0.15) is 5.56 Å². The summed E-state index contributed by atoms with van der Waals surface area (Å²) in [6.45, 7) is 3.82. The van der Waals surface area contributed by atoms with Crippen LogP contribution in [-0.2, 0) is 0 Å². The summed E-state index contributed by atoms with van der Waals surface area (Å²) in [6, 6.07) is 5.07. The number of allylic oxidation sites excluding steroid dienone is 1. The van der Waals surface area contributed by atoms with Gasteiger partial charge in [-0.05, 0) is 23.8 Å². The maximum atomic E-state index is 9.49. The second-order valence-electron chi connectivity index (χ2n) is 2.62. The first-order chi connectivity index (χ1) is 6.19. The van der Waals surface area contributed by atoms with Gasteiger partial charge in [0.15, 0.2) is 0 Å². The molecule has 0 unspecified atom stereocenters. The van der Waals surface area contributed by atoms with E-state index in [2.05, 4.69) is 22.5 Å². The van der Waals surface area contributed by atoms with E-state index in [0.717, 1.165) is 16.9 Å². The van der Waals surface area contributed by atoms with Gasteiger partial charge >= 0.3 is 0 Å². The fraction of sp³-hybridized carbons (Fsp3) is 0.200. The average molecular weight is 243 g/mol. The van der Waals surface area contributed by atoms with E-state index in [1.165, 1.54) is 0 Å². The van der Waals surface area contributed by atoms with Crippen LogP contribution in [0.5, 0.6) is 11.5 Å². The van der Waals surface area contributed by atoms with Gasteiger partial charge in [0.2, 0.25) is 0 Å². The van der Waals surface area contributed by atoms with Gasteiger partial charge in [0.05, 0.1) is 7.11 Å². The van der Waals surface area contributed by atoms with Crippen molar-refractivity contribution in [3.8, 4) is 11.5 Å². The molecular formula is C10H11BrO2. The van der Waals surface area contributed by atoms with Crippen LogP contribution in [-0.4, -0.2) is 17.5 Å². The van der Waals surface area contributed by atoms with Gasteiger partial charge < -0.3 is 9.84 Å². The second kappa shape index (κ2) is 4.33. The van der Waals surface area contributed by atoms with E-state index in [0.29, 0.717) is 5.33 Å². The minimum absolute atomic E-state index is 0.227. The molecular weight excluding hydrogens is 232 g/mol. The number of halogens is 1. The molecule has 0 fully saturated rings. The van der Waals surface area contributed by atoms with Crippen LogP contribution in [0.2, 0.25) is 0 Å². The molecule has 1 rings (SSSR count). The van der Waals surface area contributed by atoms with Crippen LogP contribution in [0.25, 0.3) is 5.57 Å². The highest BCUT2D eigenvalue weighted by molar-refractivity contribution is 9.09. The molecule has 1 aromatic rings. The molecule has 70 valence electrons. The first kappa shape index (κ1) is 10.1. The van der Waals surface area contributed by atoms with E-state index in [-0.39, 0.29) is 5.75 Å². The third kappa shape index (κ3) is 2.25. The van der Waals surface area contributed by atoms with Gasteiger partial charge in [-0.25, -0.2) is 0 Å². The zero-order chi connectivity index (χ0) is 9.84. The Bertz CT molecular complexity index is 321. The maximum Gasteiger partial charge on any atom is 0.123 e. The number of ether oxygens (including phenoxy) is 1. The van der Waals surface area contributed by atoms with Crippen LogP contribution in [0.15, 0.2) is 24.8 Å².